The van der Waals surface area contributed by atoms with E-state index in [0.717, 1.165) is 42.4 Å². The van der Waals surface area contributed by atoms with Gasteiger partial charge in [-0.3, -0.25) is 4.90 Å². The second kappa shape index (κ2) is 10.8. The van der Waals surface area contributed by atoms with Crippen molar-refractivity contribution in [3.05, 3.63) is 77.9 Å². The molecular formula is C28H34N2O5S. The number of hydrogen-bond donors (Lipinski definition) is 0. The zero-order valence-electron chi connectivity index (χ0n) is 21.5. The van der Waals surface area contributed by atoms with Gasteiger partial charge in [0.15, 0.2) is 11.5 Å². The van der Waals surface area contributed by atoms with Crippen LogP contribution in [0, 0.1) is 6.92 Å². The predicted octanol–water partition coefficient (Wildman–Crippen LogP) is 4.88. The van der Waals surface area contributed by atoms with Crippen LogP contribution in [0.25, 0.3) is 0 Å². The van der Waals surface area contributed by atoms with Crippen LogP contribution in [0.1, 0.15) is 25.0 Å². The van der Waals surface area contributed by atoms with Gasteiger partial charge in [-0.15, -0.1) is 0 Å². The quantitative estimate of drug-likeness (QED) is 0.400. The molecular weight excluding hydrogens is 476 g/mol. The highest BCUT2D eigenvalue weighted by atomic mass is 32.2. The van der Waals surface area contributed by atoms with E-state index in [1.165, 1.54) is 5.56 Å². The molecule has 3 aromatic rings. The molecule has 36 heavy (non-hydrogen) atoms. The summed E-state index contributed by atoms with van der Waals surface area (Å²) in [5.74, 6) is 1.76. The molecule has 1 saturated heterocycles. The summed E-state index contributed by atoms with van der Waals surface area (Å²) in [6.07, 6.45) is 0. The van der Waals surface area contributed by atoms with Crippen molar-refractivity contribution < 1.29 is 22.1 Å². The first-order valence-electron chi connectivity index (χ1n) is 12.0. The molecule has 3 aromatic carbocycles. The number of rotatable bonds is 8. The van der Waals surface area contributed by atoms with E-state index in [1.807, 2.05) is 31.2 Å². The van der Waals surface area contributed by atoms with Crippen LogP contribution < -0.4 is 18.6 Å². The Morgan fingerprint density at radius 3 is 2.14 bits per heavy atom. The van der Waals surface area contributed by atoms with Crippen molar-refractivity contribution in [3.63, 3.8) is 0 Å². The second-order valence-corrected chi connectivity index (χ2v) is 10.9. The van der Waals surface area contributed by atoms with Crippen molar-refractivity contribution in [2.75, 3.05) is 32.2 Å². The molecule has 192 valence electrons. The topological polar surface area (TPSA) is 68.3 Å². The average molecular weight is 511 g/mol. The van der Waals surface area contributed by atoms with Gasteiger partial charge in [0.1, 0.15) is 10.6 Å². The summed E-state index contributed by atoms with van der Waals surface area (Å²) in [6, 6.07) is 20.6. The van der Waals surface area contributed by atoms with Crippen molar-refractivity contribution >= 4 is 15.8 Å². The van der Waals surface area contributed by atoms with Crippen molar-refractivity contribution in [2.24, 2.45) is 0 Å². The molecule has 7 nitrogen and oxygen atoms in total. The third kappa shape index (κ3) is 5.77. The number of piperazine rings is 1. The Bertz CT molecular complexity index is 1280. The zero-order chi connectivity index (χ0) is 25.9. The van der Waals surface area contributed by atoms with Crippen LogP contribution >= 0.6 is 0 Å². The molecule has 0 aromatic heterocycles. The third-order valence-electron chi connectivity index (χ3n) is 6.63. The van der Waals surface area contributed by atoms with Gasteiger partial charge in [-0.1, -0.05) is 23.8 Å². The lowest BCUT2D eigenvalue weighted by Gasteiger charge is -2.45. The van der Waals surface area contributed by atoms with Gasteiger partial charge in [0, 0.05) is 37.4 Å². The van der Waals surface area contributed by atoms with E-state index in [-0.39, 0.29) is 10.9 Å². The van der Waals surface area contributed by atoms with Gasteiger partial charge in [-0.05, 0) is 74.9 Å². The standard InChI is InChI=1S/C28H34N2O5S/c1-20-6-13-26(14-7-20)36(31,32)35-25-11-9-24(10-12-25)30-18-21(2)29(17-22(30)3)19-23-8-15-27(33-4)28(16-23)34-5/h6-16,21-22H,17-19H2,1-5H3/t21-,22+/m0/s1. The maximum Gasteiger partial charge on any atom is 0.339 e. The zero-order valence-corrected chi connectivity index (χ0v) is 22.3. The Morgan fingerprint density at radius 2 is 1.50 bits per heavy atom. The molecule has 0 amide bonds. The van der Waals surface area contributed by atoms with Crippen LogP contribution in [0.4, 0.5) is 5.69 Å². The maximum atomic E-state index is 12.6. The van der Waals surface area contributed by atoms with Crippen molar-refractivity contribution in [1.82, 2.24) is 4.90 Å². The van der Waals surface area contributed by atoms with Crippen LogP contribution in [0.2, 0.25) is 0 Å². The number of methoxy groups -OCH3 is 2. The lowest BCUT2D eigenvalue weighted by Crippen LogP contribution is -2.56. The van der Waals surface area contributed by atoms with Crippen LogP contribution in [-0.4, -0.2) is 52.7 Å². The van der Waals surface area contributed by atoms with Crippen LogP contribution in [0.15, 0.2) is 71.6 Å². The third-order valence-corrected chi connectivity index (χ3v) is 7.89. The van der Waals surface area contributed by atoms with E-state index in [0.29, 0.717) is 11.8 Å². The summed E-state index contributed by atoms with van der Waals surface area (Å²) in [4.78, 5) is 4.97. The van der Waals surface area contributed by atoms with Crippen molar-refractivity contribution in [1.29, 1.82) is 0 Å². The van der Waals surface area contributed by atoms with Gasteiger partial charge >= 0.3 is 10.1 Å². The number of anilines is 1. The summed E-state index contributed by atoms with van der Waals surface area (Å²) in [5, 5.41) is 0. The normalized spacial score (nSPS) is 18.6. The molecule has 0 spiro atoms. The van der Waals surface area contributed by atoms with E-state index in [1.54, 1.807) is 50.6 Å². The Balaban J connectivity index is 1.41. The molecule has 0 aliphatic carbocycles. The second-order valence-electron chi connectivity index (χ2n) is 9.31. The maximum absolute atomic E-state index is 12.6. The van der Waals surface area contributed by atoms with E-state index in [9.17, 15) is 8.42 Å². The molecule has 0 bridgehead atoms. The molecule has 0 N–H and O–H groups in total. The molecule has 0 radical (unpaired) electrons. The highest BCUT2D eigenvalue weighted by Crippen LogP contribution is 2.30. The molecule has 0 saturated carbocycles. The molecule has 4 rings (SSSR count). The lowest BCUT2D eigenvalue weighted by atomic mass is 10.1. The molecule has 1 aliphatic rings. The first kappa shape index (κ1) is 25.9. The van der Waals surface area contributed by atoms with Gasteiger partial charge in [0.05, 0.1) is 14.2 Å². The molecule has 1 fully saturated rings. The number of nitrogens with zero attached hydrogens (tertiary/aromatic N) is 2. The number of ether oxygens (including phenoxy) is 2. The van der Waals surface area contributed by atoms with Crippen molar-refractivity contribution in [2.45, 2.75) is 44.3 Å². The summed E-state index contributed by atoms with van der Waals surface area (Å²) in [6.45, 7) is 8.92. The summed E-state index contributed by atoms with van der Waals surface area (Å²) in [5.41, 5.74) is 3.21. The highest BCUT2D eigenvalue weighted by molar-refractivity contribution is 7.87. The van der Waals surface area contributed by atoms with Crippen LogP contribution in [-0.2, 0) is 16.7 Å². The Labute approximate surface area is 214 Å². The fraction of sp³-hybridized carbons (Fsp3) is 0.357. The first-order valence-corrected chi connectivity index (χ1v) is 13.4. The largest absolute Gasteiger partial charge is 0.493 e. The fourth-order valence-electron chi connectivity index (χ4n) is 4.56. The van der Waals surface area contributed by atoms with Crippen molar-refractivity contribution in [3.8, 4) is 17.2 Å². The minimum atomic E-state index is -3.87. The van der Waals surface area contributed by atoms with Gasteiger partial charge in [0.25, 0.3) is 0 Å². The monoisotopic (exact) mass is 510 g/mol. The van der Waals surface area contributed by atoms with Crippen LogP contribution in [0.5, 0.6) is 17.2 Å². The Kier molecular flexibility index (Phi) is 7.76. The van der Waals surface area contributed by atoms with E-state index >= 15 is 0 Å². The lowest BCUT2D eigenvalue weighted by molar-refractivity contribution is 0.158. The molecule has 2 atom stereocenters. The van der Waals surface area contributed by atoms with Gasteiger partial charge in [0.2, 0.25) is 0 Å². The van der Waals surface area contributed by atoms with E-state index in [4.69, 9.17) is 13.7 Å². The summed E-state index contributed by atoms with van der Waals surface area (Å²) < 4.78 is 41.4. The van der Waals surface area contributed by atoms with Gasteiger partial charge < -0.3 is 18.6 Å². The fourth-order valence-corrected chi connectivity index (χ4v) is 5.49. The summed E-state index contributed by atoms with van der Waals surface area (Å²) in [7, 11) is -0.578. The van der Waals surface area contributed by atoms with Gasteiger partial charge in [-0.2, -0.15) is 8.42 Å². The molecule has 1 aliphatic heterocycles. The molecule has 8 heteroatoms. The van der Waals surface area contributed by atoms with Gasteiger partial charge in [-0.25, -0.2) is 0 Å². The first-order chi connectivity index (χ1) is 17.2. The number of aryl methyl sites for hydroxylation is 1. The molecule has 1 heterocycles. The minimum Gasteiger partial charge on any atom is -0.493 e. The van der Waals surface area contributed by atoms with E-state index < -0.39 is 10.1 Å². The minimum absolute atomic E-state index is 0.144. The van der Waals surface area contributed by atoms with E-state index in [2.05, 4.69) is 29.7 Å². The predicted molar refractivity (Wildman–Crippen MR) is 142 cm³/mol. The summed E-state index contributed by atoms with van der Waals surface area (Å²) >= 11 is 0. The average Bonchev–Trinajstić information content (AvgIpc) is 2.86. The Hall–Kier alpha value is -3.23. The number of benzene rings is 3. The smallest absolute Gasteiger partial charge is 0.339 e. The number of hydrogen-bond acceptors (Lipinski definition) is 7. The SMILES string of the molecule is COc1ccc(CN2C[C@@H](C)N(c3ccc(OS(=O)(=O)c4ccc(C)cc4)cc3)C[C@@H]2C)cc1OC. The molecule has 0 unspecified atom stereocenters. The van der Waals surface area contributed by atoms with Crippen LogP contribution in [0.3, 0.4) is 0 Å². The Morgan fingerprint density at radius 1 is 0.833 bits per heavy atom. The highest BCUT2D eigenvalue weighted by Gasteiger charge is 2.29.